The number of ether oxygens (including phenoxy) is 3. The summed E-state index contributed by atoms with van der Waals surface area (Å²) in [5, 5.41) is 3.64. The van der Waals surface area contributed by atoms with E-state index in [4.69, 9.17) is 32.7 Å². The molecule has 28 heavy (non-hydrogen) atoms. The van der Waals surface area contributed by atoms with Crippen molar-refractivity contribution in [1.29, 1.82) is 0 Å². The molecule has 2 rings (SSSR count). The lowest BCUT2D eigenvalue weighted by molar-refractivity contribution is -0.148. The van der Waals surface area contributed by atoms with Crippen LogP contribution in [-0.4, -0.2) is 29.0 Å². The first-order valence-corrected chi connectivity index (χ1v) is 8.79. The summed E-state index contributed by atoms with van der Waals surface area (Å²) < 4.78 is 56.1. The number of esters is 1. The third-order valence-electron chi connectivity index (χ3n) is 3.74. The number of nitrogens with zero attached hydrogens (tertiary/aromatic N) is 2. The smallest absolute Gasteiger partial charge is 0.435 e. The van der Waals surface area contributed by atoms with Gasteiger partial charge in [0.2, 0.25) is 5.88 Å². The van der Waals surface area contributed by atoms with E-state index < -0.39 is 23.9 Å². The maximum absolute atomic E-state index is 13.2. The van der Waals surface area contributed by atoms with Crippen LogP contribution >= 0.6 is 23.2 Å². The highest BCUT2D eigenvalue weighted by molar-refractivity contribution is 6.36. The highest BCUT2D eigenvalue weighted by atomic mass is 35.5. The Bertz CT molecular complexity index is 884. The lowest BCUT2D eigenvalue weighted by Gasteiger charge is -2.16. The zero-order valence-electron chi connectivity index (χ0n) is 15.4. The molecule has 0 amide bonds. The molecule has 1 aromatic carbocycles. The van der Waals surface area contributed by atoms with Crippen molar-refractivity contribution in [2.45, 2.75) is 32.5 Å². The molecule has 0 saturated heterocycles. The molecule has 0 N–H and O–H groups in total. The molecule has 154 valence electrons. The number of aromatic nitrogens is 2. The predicted molar refractivity (Wildman–Crippen MR) is 96.2 cm³/mol. The first-order chi connectivity index (χ1) is 13.0. The van der Waals surface area contributed by atoms with Gasteiger partial charge in [-0.25, -0.2) is 9.48 Å². The molecule has 1 atom stereocenters. The fourth-order valence-corrected chi connectivity index (χ4v) is 2.88. The van der Waals surface area contributed by atoms with Gasteiger partial charge in [-0.15, -0.1) is 0 Å². The number of benzene rings is 1. The Morgan fingerprint density at radius 2 is 1.86 bits per heavy atom. The van der Waals surface area contributed by atoms with Crippen LogP contribution in [0.3, 0.4) is 0 Å². The maximum Gasteiger partial charge on any atom is 0.435 e. The molecule has 0 unspecified atom stereocenters. The van der Waals surface area contributed by atoms with E-state index in [0.717, 1.165) is 4.68 Å². The Balaban J connectivity index is 2.43. The van der Waals surface area contributed by atoms with Crippen LogP contribution in [0, 0.1) is 0 Å². The van der Waals surface area contributed by atoms with Crippen molar-refractivity contribution >= 4 is 29.2 Å². The topological polar surface area (TPSA) is 62.6 Å². The first kappa shape index (κ1) is 22.2. The highest BCUT2D eigenvalue weighted by Crippen LogP contribution is 2.41. The summed E-state index contributed by atoms with van der Waals surface area (Å²) in [6, 6.07) is 2.58. The van der Waals surface area contributed by atoms with Gasteiger partial charge in [0.1, 0.15) is 5.75 Å². The summed E-state index contributed by atoms with van der Waals surface area (Å²) in [5.74, 6) is -0.714. The number of hydrogen-bond donors (Lipinski definition) is 0. The normalized spacial score (nSPS) is 12.6. The quantitative estimate of drug-likeness (QED) is 0.588. The van der Waals surface area contributed by atoms with Gasteiger partial charge in [0.25, 0.3) is 0 Å². The van der Waals surface area contributed by atoms with Crippen molar-refractivity contribution in [2.75, 3.05) is 7.11 Å². The van der Waals surface area contributed by atoms with E-state index in [0.29, 0.717) is 0 Å². The molecular formula is C17H17Cl2F3N2O4. The number of methoxy groups -OCH3 is 1. The van der Waals surface area contributed by atoms with Crippen LogP contribution in [0.1, 0.15) is 25.1 Å². The number of hydrogen-bond acceptors (Lipinski definition) is 5. The average Bonchev–Trinajstić information content (AvgIpc) is 2.94. The fourth-order valence-electron chi connectivity index (χ4n) is 2.41. The Labute approximate surface area is 169 Å². The van der Waals surface area contributed by atoms with Crippen molar-refractivity contribution in [3.63, 3.8) is 0 Å². The minimum absolute atomic E-state index is 0.00967. The van der Waals surface area contributed by atoms with Crippen molar-refractivity contribution in [2.24, 2.45) is 7.05 Å². The minimum atomic E-state index is -4.63. The second-order valence-electron chi connectivity index (χ2n) is 5.71. The van der Waals surface area contributed by atoms with E-state index in [-0.39, 0.29) is 39.4 Å². The van der Waals surface area contributed by atoms with Crippen molar-refractivity contribution < 1.29 is 32.2 Å². The first-order valence-electron chi connectivity index (χ1n) is 8.04. The second kappa shape index (κ2) is 8.48. The van der Waals surface area contributed by atoms with Crippen LogP contribution in [0.2, 0.25) is 10.0 Å². The molecule has 0 fully saturated rings. The number of halogens is 5. The lowest BCUT2D eigenvalue weighted by atomic mass is 10.2. The molecule has 6 nitrogen and oxygen atoms in total. The molecule has 11 heteroatoms. The number of carbonyl (C=O) groups excluding carboxylic acids is 1. The van der Waals surface area contributed by atoms with E-state index in [1.807, 2.05) is 0 Å². The molecule has 0 bridgehead atoms. The summed E-state index contributed by atoms with van der Waals surface area (Å²) >= 11 is 12.2. The Hall–Kier alpha value is -2.13. The second-order valence-corrected chi connectivity index (χ2v) is 6.52. The van der Waals surface area contributed by atoms with Crippen LogP contribution < -0.4 is 9.47 Å². The SMILES string of the molecule is CCc1c(C(F)(F)F)nn(C)c1Oc1cc(O[C@@H](C)C(=O)OC)c(Cl)cc1Cl. The number of alkyl halides is 3. The third-order valence-corrected chi connectivity index (χ3v) is 4.33. The Kier molecular flexibility index (Phi) is 6.71. The van der Waals surface area contributed by atoms with Crippen LogP contribution in [-0.2, 0) is 29.2 Å². The van der Waals surface area contributed by atoms with Crippen molar-refractivity contribution in [1.82, 2.24) is 9.78 Å². The molecule has 1 heterocycles. The molecular weight excluding hydrogens is 424 g/mol. The third kappa shape index (κ3) is 4.64. The minimum Gasteiger partial charge on any atom is -0.477 e. The summed E-state index contributed by atoms with van der Waals surface area (Å²) in [6.07, 6.45) is -5.57. The number of aryl methyl sites for hydroxylation is 1. The molecule has 0 aliphatic heterocycles. The van der Waals surface area contributed by atoms with Gasteiger partial charge >= 0.3 is 12.1 Å². The molecule has 0 radical (unpaired) electrons. The molecule has 0 saturated carbocycles. The fraction of sp³-hybridized carbons (Fsp3) is 0.412. The van der Waals surface area contributed by atoms with Gasteiger partial charge in [-0.05, 0) is 19.4 Å². The zero-order valence-corrected chi connectivity index (χ0v) is 16.9. The average molecular weight is 441 g/mol. The van der Waals surface area contributed by atoms with Gasteiger partial charge < -0.3 is 14.2 Å². The van der Waals surface area contributed by atoms with Crippen LogP contribution in [0.25, 0.3) is 0 Å². The van der Waals surface area contributed by atoms with Crippen LogP contribution in [0.5, 0.6) is 17.4 Å². The van der Waals surface area contributed by atoms with E-state index in [1.165, 1.54) is 33.2 Å². The van der Waals surface area contributed by atoms with Crippen molar-refractivity contribution in [3.8, 4) is 17.4 Å². The molecule has 1 aromatic heterocycles. The highest BCUT2D eigenvalue weighted by Gasteiger charge is 2.39. The lowest BCUT2D eigenvalue weighted by Crippen LogP contribution is -2.25. The van der Waals surface area contributed by atoms with E-state index >= 15 is 0 Å². The number of carbonyl (C=O) groups is 1. The van der Waals surface area contributed by atoms with Gasteiger partial charge in [0, 0.05) is 18.7 Å². The predicted octanol–water partition coefficient (Wildman–Crippen LogP) is 5.04. The van der Waals surface area contributed by atoms with E-state index in [2.05, 4.69) is 9.84 Å². The van der Waals surface area contributed by atoms with Crippen molar-refractivity contribution in [3.05, 3.63) is 33.4 Å². The zero-order chi connectivity index (χ0) is 21.2. The van der Waals surface area contributed by atoms with E-state index in [1.54, 1.807) is 6.92 Å². The molecule has 2 aromatic rings. The standard InChI is InChI=1S/C17H17Cl2F3N2O4/c1-5-9-14(17(20,21)22)23-24(3)15(9)28-13-7-12(10(18)6-11(13)19)27-8(2)16(25)26-4/h6-8H,5H2,1-4H3/t8-/m0/s1. The molecule has 0 aliphatic rings. The molecule has 0 aliphatic carbocycles. The van der Waals surface area contributed by atoms with Gasteiger partial charge in [0.05, 0.1) is 17.2 Å². The number of rotatable bonds is 6. The van der Waals surface area contributed by atoms with Gasteiger partial charge in [0.15, 0.2) is 17.5 Å². The Morgan fingerprint density at radius 1 is 1.25 bits per heavy atom. The largest absolute Gasteiger partial charge is 0.477 e. The summed E-state index contributed by atoms with van der Waals surface area (Å²) in [7, 11) is 2.53. The van der Waals surface area contributed by atoms with Crippen LogP contribution in [0.15, 0.2) is 12.1 Å². The monoisotopic (exact) mass is 440 g/mol. The van der Waals surface area contributed by atoms with E-state index in [9.17, 15) is 18.0 Å². The summed E-state index contributed by atoms with van der Waals surface area (Å²) in [6.45, 7) is 3.00. The Morgan fingerprint density at radius 3 is 2.39 bits per heavy atom. The summed E-state index contributed by atoms with van der Waals surface area (Å²) in [4.78, 5) is 11.5. The molecule has 0 spiro atoms. The van der Waals surface area contributed by atoms with Crippen LogP contribution in [0.4, 0.5) is 13.2 Å². The summed E-state index contributed by atoms with van der Waals surface area (Å²) in [5.41, 5.74) is -1.15. The van der Waals surface area contributed by atoms with Gasteiger partial charge in [-0.2, -0.15) is 18.3 Å². The van der Waals surface area contributed by atoms with Gasteiger partial charge in [-0.1, -0.05) is 30.1 Å². The van der Waals surface area contributed by atoms with Gasteiger partial charge in [-0.3, -0.25) is 0 Å². The maximum atomic E-state index is 13.2.